The molecule has 0 aromatic heterocycles. The Morgan fingerprint density at radius 1 is 1.00 bits per heavy atom. The largest absolute Gasteiger partial charge is 0.342 e. The maximum Gasteiger partial charge on any atom is 0.225 e. The summed E-state index contributed by atoms with van der Waals surface area (Å²) in [6.45, 7) is 4.88. The highest BCUT2D eigenvalue weighted by atomic mass is 32.2. The molecule has 5 nitrogen and oxygen atoms in total. The van der Waals surface area contributed by atoms with Gasteiger partial charge in [-0.1, -0.05) is 50.1 Å². The molecule has 2 fully saturated rings. The zero-order valence-corrected chi connectivity index (χ0v) is 17.9. The van der Waals surface area contributed by atoms with Crippen LogP contribution in [0.4, 0.5) is 0 Å². The lowest BCUT2D eigenvalue weighted by atomic mass is 9.95. The molecule has 2 heterocycles. The minimum atomic E-state index is -3.32. The summed E-state index contributed by atoms with van der Waals surface area (Å²) < 4.78 is 27.0. The van der Waals surface area contributed by atoms with Crippen molar-refractivity contribution in [1.29, 1.82) is 0 Å². The van der Waals surface area contributed by atoms with Crippen molar-refractivity contribution in [3.63, 3.8) is 0 Å². The molecule has 0 saturated carbocycles. The van der Waals surface area contributed by atoms with Crippen LogP contribution in [-0.4, -0.2) is 49.7 Å². The van der Waals surface area contributed by atoms with Gasteiger partial charge in [0.25, 0.3) is 0 Å². The van der Waals surface area contributed by atoms with E-state index in [0.717, 1.165) is 37.4 Å². The average molecular weight is 407 g/mol. The number of amides is 1. The van der Waals surface area contributed by atoms with Crippen molar-refractivity contribution < 1.29 is 13.2 Å². The Hall–Kier alpha value is -1.40. The van der Waals surface area contributed by atoms with Crippen LogP contribution in [0, 0.1) is 11.8 Å². The molecule has 0 radical (unpaired) electrons. The fraction of sp³-hybridized carbons (Fsp3) is 0.682. The van der Waals surface area contributed by atoms with Gasteiger partial charge in [-0.15, -0.1) is 0 Å². The second-order valence-electron chi connectivity index (χ2n) is 8.33. The fourth-order valence-corrected chi connectivity index (χ4v) is 6.16. The number of likely N-dealkylation sites (tertiary alicyclic amines) is 1. The van der Waals surface area contributed by atoms with E-state index in [1.54, 1.807) is 4.31 Å². The van der Waals surface area contributed by atoms with E-state index in [0.29, 0.717) is 25.9 Å². The van der Waals surface area contributed by atoms with E-state index in [4.69, 9.17) is 0 Å². The summed E-state index contributed by atoms with van der Waals surface area (Å²) in [7, 11) is -3.32. The maximum absolute atomic E-state index is 13.0. The van der Waals surface area contributed by atoms with Gasteiger partial charge in [-0.2, -0.15) is 0 Å². The Labute approximate surface area is 170 Å². The van der Waals surface area contributed by atoms with Crippen molar-refractivity contribution in [2.45, 2.75) is 57.6 Å². The number of nitrogens with zero attached hydrogens (tertiary/aromatic N) is 2. The second kappa shape index (κ2) is 9.88. The molecule has 1 aromatic rings. The quantitative estimate of drug-likeness (QED) is 0.724. The Morgan fingerprint density at radius 2 is 1.71 bits per heavy atom. The van der Waals surface area contributed by atoms with Crippen LogP contribution in [0.3, 0.4) is 0 Å². The van der Waals surface area contributed by atoms with Gasteiger partial charge in [0.15, 0.2) is 0 Å². The summed E-state index contributed by atoms with van der Waals surface area (Å²) in [5.74, 6) is 1.02. The van der Waals surface area contributed by atoms with Gasteiger partial charge in [0, 0.05) is 32.1 Å². The zero-order chi connectivity index (χ0) is 20.0. The highest BCUT2D eigenvalue weighted by Crippen LogP contribution is 2.27. The maximum atomic E-state index is 13.0. The molecule has 1 unspecified atom stereocenters. The van der Waals surface area contributed by atoms with Gasteiger partial charge in [0.1, 0.15) is 0 Å². The van der Waals surface area contributed by atoms with Crippen LogP contribution in [0.1, 0.15) is 57.4 Å². The smallest absolute Gasteiger partial charge is 0.225 e. The molecule has 1 amide bonds. The first kappa shape index (κ1) is 21.3. The van der Waals surface area contributed by atoms with E-state index in [9.17, 15) is 13.2 Å². The summed E-state index contributed by atoms with van der Waals surface area (Å²) >= 11 is 0. The lowest BCUT2D eigenvalue weighted by Crippen LogP contribution is -2.45. The van der Waals surface area contributed by atoms with Crippen LogP contribution in [0.15, 0.2) is 30.3 Å². The van der Waals surface area contributed by atoms with Gasteiger partial charge in [0.05, 0.1) is 5.75 Å². The summed E-state index contributed by atoms with van der Waals surface area (Å²) in [5.41, 5.74) is 0.812. The van der Waals surface area contributed by atoms with E-state index >= 15 is 0 Å². The SMILES string of the molecule is CCCC1CCCN(C(=O)C2CCN(S(=O)(=O)Cc3ccccc3)CC2)CC1. The molecular formula is C22H34N2O3S. The standard InChI is InChI=1S/C22H34N2O3S/c1-2-7-19-10-6-14-23(15-11-19)22(25)21-12-16-24(17-13-21)28(26,27)18-20-8-4-3-5-9-20/h3-5,8-9,19,21H,2,6-7,10-18H2,1H3. The molecule has 0 N–H and O–H groups in total. The summed E-state index contributed by atoms with van der Waals surface area (Å²) in [6, 6.07) is 9.31. The van der Waals surface area contributed by atoms with E-state index in [2.05, 4.69) is 11.8 Å². The Bertz CT molecular complexity index is 727. The number of hydrogen-bond acceptors (Lipinski definition) is 3. The molecule has 2 saturated heterocycles. The van der Waals surface area contributed by atoms with Crippen LogP contribution in [0.5, 0.6) is 0 Å². The van der Waals surface area contributed by atoms with Crippen molar-refractivity contribution in [2.75, 3.05) is 26.2 Å². The molecule has 0 bridgehead atoms. The first-order chi connectivity index (χ1) is 13.5. The third-order valence-electron chi connectivity index (χ3n) is 6.24. The molecule has 0 spiro atoms. The normalized spacial score (nSPS) is 22.8. The number of carbonyl (C=O) groups is 1. The van der Waals surface area contributed by atoms with Crippen molar-refractivity contribution in [3.8, 4) is 0 Å². The molecule has 1 atom stereocenters. The van der Waals surface area contributed by atoms with Crippen molar-refractivity contribution in [2.24, 2.45) is 11.8 Å². The summed E-state index contributed by atoms with van der Waals surface area (Å²) in [6.07, 6.45) is 7.20. The van der Waals surface area contributed by atoms with Gasteiger partial charge in [-0.05, 0) is 43.6 Å². The number of benzene rings is 1. The van der Waals surface area contributed by atoms with Crippen LogP contribution < -0.4 is 0 Å². The average Bonchev–Trinajstić information content (AvgIpc) is 2.94. The predicted molar refractivity (Wildman–Crippen MR) is 112 cm³/mol. The molecule has 2 aliphatic rings. The van der Waals surface area contributed by atoms with Crippen molar-refractivity contribution >= 4 is 15.9 Å². The van der Waals surface area contributed by atoms with Gasteiger partial charge in [-0.3, -0.25) is 4.79 Å². The molecule has 0 aliphatic carbocycles. The molecule has 6 heteroatoms. The zero-order valence-electron chi connectivity index (χ0n) is 17.1. The van der Waals surface area contributed by atoms with E-state index in [1.165, 1.54) is 19.3 Å². The van der Waals surface area contributed by atoms with Gasteiger partial charge in [0.2, 0.25) is 15.9 Å². The van der Waals surface area contributed by atoms with Crippen LogP contribution in [0.25, 0.3) is 0 Å². The number of hydrogen-bond donors (Lipinski definition) is 0. The van der Waals surface area contributed by atoms with E-state index in [1.807, 2.05) is 30.3 Å². The molecule has 28 heavy (non-hydrogen) atoms. The highest BCUT2D eigenvalue weighted by Gasteiger charge is 2.33. The number of sulfonamides is 1. The van der Waals surface area contributed by atoms with E-state index < -0.39 is 10.0 Å². The highest BCUT2D eigenvalue weighted by molar-refractivity contribution is 7.88. The van der Waals surface area contributed by atoms with Gasteiger partial charge in [-0.25, -0.2) is 12.7 Å². The monoisotopic (exact) mass is 406 g/mol. The molecule has 1 aromatic carbocycles. The number of piperidine rings is 1. The van der Waals surface area contributed by atoms with Gasteiger partial charge >= 0.3 is 0 Å². The number of rotatable bonds is 6. The predicted octanol–water partition coefficient (Wildman–Crippen LogP) is 3.66. The summed E-state index contributed by atoms with van der Waals surface area (Å²) in [5, 5.41) is 0. The first-order valence-corrected chi connectivity index (χ1v) is 12.4. The topological polar surface area (TPSA) is 57.7 Å². The van der Waals surface area contributed by atoms with E-state index in [-0.39, 0.29) is 17.6 Å². The fourth-order valence-electron chi connectivity index (χ4n) is 4.60. The van der Waals surface area contributed by atoms with Crippen LogP contribution >= 0.6 is 0 Å². The Kier molecular flexibility index (Phi) is 7.52. The summed E-state index contributed by atoms with van der Waals surface area (Å²) in [4.78, 5) is 15.0. The lowest BCUT2D eigenvalue weighted by Gasteiger charge is -2.33. The third kappa shape index (κ3) is 5.57. The first-order valence-electron chi connectivity index (χ1n) is 10.8. The van der Waals surface area contributed by atoms with Crippen LogP contribution in [0.2, 0.25) is 0 Å². The van der Waals surface area contributed by atoms with Crippen molar-refractivity contribution in [1.82, 2.24) is 9.21 Å². The lowest BCUT2D eigenvalue weighted by molar-refractivity contribution is -0.136. The van der Waals surface area contributed by atoms with Gasteiger partial charge < -0.3 is 4.90 Å². The van der Waals surface area contributed by atoms with Crippen LogP contribution in [-0.2, 0) is 20.6 Å². The molecule has 3 rings (SSSR count). The Morgan fingerprint density at radius 3 is 2.39 bits per heavy atom. The Balaban J connectivity index is 1.51. The molecule has 2 aliphatic heterocycles. The third-order valence-corrected chi connectivity index (χ3v) is 8.09. The minimum Gasteiger partial charge on any atom is -0.342 e. The number of carbonyl (C=O) groups excluding carboxylic acids is 1. The molecular weight excluding hydrogens is 372 g/mol. The minimum absolute atomic E-state index is 0.0223. The second-order valence-corrected chi connectivity index (χ2v) is 10.3. The molecule has 156 valence electrons. The van der Waals surface area contributed by atoms with Crippen molar-refractivity contribution in [3.05, 3.63) is 35.9 Å².